The van der Waals surface area contributed by atoms with E-state index in [4.69, 9.17) is 4.42 Å². The van der Waals surface area contributed by atoms with Crippen molar-refractivity contribution in [2.45, 2.75) is 20.8 Å². The van der Waals surface area contributed by atoms with E-state index in [2.05, 4.69) is 20.4 Å². The molecule has 1 N–H and O–H groups in total. The molecule has 0 saturated carbocycles. The zero-order chi connectivity index (χ0) is 14.7. The van der Waals surface area contributed by atoms with Crippen molar-refractivity contribution in [3.8, 4) is 0 Å². The summed E-state index contributed by atoms with van der Waals surface area (Å²) in [4.78, 5) is 11.6. The second-order valence-corrected chi connectivity index (χ2v) is 5.28. The number of hydrogen-bond acceptors (Lipinski definition) is 5. The second-order valence-electron chi connectivity index (χ2n) is 5.28. The minimum atomic E-state index is -0.352. The van der Waals surface area contributed by atoms with Crippen LogP contribution >= 0.6 is 0 Å². The maximum absolute atomic E-state index is 11.6. The predicted octanol–water partition coefficient (Wildman–Crippen LogP) is 2.54. The molecule has 0 radical (unpaired) electrons. The number of nitrogens with one attached hydrogen (secondary N) is 1. The molecule has 1 aromatic carbocycles. The van der Waals surface area contributed by atoms with E-state index in [1.807, 2.05) is 26.8 Å². The van der Waals surface area contributed by atoms with Crippen LogP contribution in [-0.4, -0.2) is 20.4 Å². The van der Waals surface area contributed by atoms with Crippen molar-refractivity contribution in [2.24, 2.45) is 0 Å². The Morgan fingerprint density at radius 2 is 1.71 bits per heavy atom. The van der Waals surface area contributed by atoms with Crippen molar-refractivity contribution in [1.82, 2.24) is 20.4 Å². The van der Waals surface area contributed by atoms with Crippen LogP contribution in [0, 0.1) is 20.8 Å². The SMILES string of the molecule is Cc1[nH]nc2c1nnc1c(C)cc3oc(=O)cc(C)c3c12. The van der Waals surface area contributed by atoms with Crippen molar-refractivity contribution >= 4 is 32.9 Å². The molecule has 104 valence electrons. The average molecular weight is 280 g/mol. The molecule has 6 heteroatoms. The lowest BCUT2D eigenvalue weighted by Gasteiger charge is -2.07. The van der Waals surface area contributed by atoms with Gasteiger partial charge in [-0.1, -0.05) is 0 Å². The molecule has 0 bridgehead atoms. The first-order valence-corrected chi connectivity index (χ1v) is 6.61. The monoisotopic (exact) mass is 280 g/mol. The lowest BCUT2D eigenvalue weighted by atomic mass is 10.0. The van der Waals surface area contributed by atoms with E-state index in [-0.39, 0.29) is 5.63 Å². The fourth-order valence-corrected chi connectivity index (χ4v) is 2.81. The molecular formula is C15H12N4O2. The van der Waals surface area contributed by atoms with Crippen LogP contribution in [0.4, 0.5) is 0 Å². The Bertz CT molecular complexity index is 1090. The predicted molar refractivity (Wildman–Crippen MR) is 79.4 cm³/mol. The highest BCUT2D eigenvalue weighted by Gasteiger charge is 2.16. The molecule has 4 rings (SSSR count). The van der Waals surface area contributed by atoms with Gasteiger partial charge < -0.3 is 4.42 Å². The summed E-state index contributed by atoms with van der Waals surface area (Å²) in [5.41, 5.74) is 5.09. The molecule has 21 heavy (non-hydrogen) atoms. The Hall–Kier alpha value is -2.76. The van der Waals surface area contributed by atoms with Crippen molar-refractivity contribution in [2.75, 3.05) is 0 Å². The van der Waals surface area contributed by atoms with Gasteiger partial charge in [-0.3, -0.25) is 5.10 Å². The Labute approximate surface area is 118 Å². The number of aromatic nitrogens is 4. The average Bonchev–Trinajstić information content (AvgIpc) is 2.80. The molecule has 0 spiro atoms. The second kappa shape index (κ2) is 3.88. The summed E-state index contributed by atoms with van der Waals surface area (Å²) in [5, 5.41) is 17.6. The molecule has 0 unspecified atom stereocenters. The third-order valence-electron chi connectivity index (χ3n) is 3.80. The fraction of sp³-hybridized carbons (Fsp3) is 0.200. The molecule has 0 fully saturated rings. The third-order valence-corrected chi connectivity index (χ3v) is 3.80. The summed E-state index contributed by atoms with van der Waals surface area (Å²) in [5.74, 6) is 0. The van der Waals surface area contributed by atoms with Gasteiger partial charge in [0.05, 0.1) is 11.2 Å². The van der Waals surface area contributed by atoms with Gasteiger partial charge in [0.1, 0.15) is 16.6 Å². The number of nitrogens with zero attached hydrogens (tertiary/aromatic N) is 3. The molecule has 4 aromatic rings. The molecule has 0 aliphatic carbocycles. The van der Waals surface area contributed by atoms with Crippen LogP contribution in [0.5, 0.6) is 0 Å². The summed E-state index contributed by atoms with van der Waals surface area (Å²) in [6.45, 7) is 5.71. The van der Waals surface area contributed by atoms with Crippen LogP contribution in [0.15, 0.2) is 21.3 Å². The summed E-state index contributed by atoms with van der Waals surface area (Å²) < 4.78 is 5.35. The molecule has 3 heterocycles. The highest BCUT2D eigenvalue weighted by atomic mass is 16.4. The van der Waals surface area contributed by atoms with Crippen LogP contribution in [0.3, 0.4) is 0 Å². The van der Waals surface area contributed by atoms with Gasteiger partial charge in [-0.15, -0.1) is 10.2 Å². The number of fused-ring (bicyclic) bond motifs is 5. The fourth-order valence-electron chi connectivity index (χ4n) is 2.81. The van der Waals surface area contributed by atoms with Crippen molar-refractivity contribution in [3.05, 3.63) is 39.4 Å². The van der Waals surface area contributed by atoms with E-state index in [0.29, 0.717) is 5.58 Å². The number of aromatic amines is 1. The van der Waals surface area contributed by atoms with Crippen LogP contribution in [0.1, 0.15) is 16.8 Å². The van der Waals surface area contributed by atoms with Crippen molar-refractivity contribution in [3.63, 3.8) is 0 Å². The highest BCUT2D eigenvalue weighted by Crippen LogP contribution is 2.32. The van der Waals surface area contributed by atoms with E-state index in [0.717, 1.165) is 44.1 Å². The molecule has 0 aliphatic heterocycles. The maximum atomic E-state index is 11.6. The van der Waals surface area contributed by atoms with Crippen LogP contribution in [0.2, 0.25) is 0 Å². The summed E-state index contributed by atoms with van der Waals surface area (Å²) >= 11 is 0. The van der Waals surface area contributed by atoms with Gasteiger partial charge in [0.15, 0.2) is 0 Å². The molecule has 0 aliphatic rings. The zero-order valence-corrected chi connectivity index (χ0v) is 11.8. The minimum Gasteiger partial charge on any atom is -0.423 e. The normalized spacial score (nSPS) is 11.8. The molecule has 3 aromatic heterocycles. The molecule has 0 amide bonds. The van der Waals surface area contributed by atoms with Gasteiger partial charge in [-0.25, -0.2) is 4.79 Å². The number of benzene rings is 1. The van der Waals surface area contributed by atoms with E-state index in [9.17, 15) is 4.79 Å². The Balaban J connectivity index is 2.43. The largest absolute Gasteiger partial charge is 0.423 e. The number of hydrogen-bond donors (Lipinski definition) is 1. The Morgan fingerprint density at radius 3 is 2.52 bits per heavy atom. The Morgan fingerprint density at radius 1 is 0.952 bits per heavy atom. The van der Waals surface area contributed by atoms with Crippen molar-refractivity contribution < 1.29 is 4.42 Å². The van der Waals surface area contributed by atoms with E-state index < -0.39 is 0 Å². The molecular weight excluding hydrogens is 268 g/mol. The van der Waals surface area contributed by atoms with Gasteiger partial charge in [-0.05, 0) is 38.0 Å². The van der Waals surface area contributed by atoms with Gasteiger partial charge in [0.25, 0.3) is 0 Å². The lowest BCUT2D eigenvalue weighted by Crippen LogP contribution is -2.00. The van der Waals surface area contributed by atoms with Gasteiger partial charge in [0, 0.05) is 16.8 Å². The standard InChI is InChI=1S/C15H12N4O2/c1-6-5-10(20)21-9-4-7(2)13-12(11(6)9)15-14(18-17-13)8(3)16-19-15/h4-5H,1-3H3,(H,16,19). The van der Waals surface area contributed by atoms with Crippen LogP contribution < -0.4 is 5.63 Å². The number of aryl methyl sites for hydroxylation is 3. The van der Waals surface area contributed by atoms with E-state index in [1.165, 1.54) is 6.07 Å². The van der Waals surface area contributed by atoms with Gasteiger partial charge in [0.2, 0.25) is 0 Å². The molecule has 0 saturated heterocycles. The topological polar surface area (TPSA) is 84.7 Å². The van der Waals surface area contributed by atoms with Crippen LogP contribution in [-0.2, 0) is 0 Å². The first kappa shape index (κ1) is 12.0. The quantitative estimate of drug-likeness (QED) is 0.395. The first-order chi connectivity index (χ1) is 10.1. The lowest BCUT2D eigenvalue weighted by molar-refractivity contribution is 0.560. The molecule has 6 nitrogen and oxygen atoms in total. The number of rotatable bonds is 0. The highest BCUT2D eigenvalue weighted by molar-refractivity contribution is 6.17. The van der Waals surface area contributed by atoms with Crippen molar-refractivity contribution in [1.29, 1.82) is 0 Å². The molecule has 0 atom stereocenters. The first-order valence-electron chi connectivity index (χ1n) is 6.61. The summed E-state index contributed by atoms with van der Waals surface area (Å²) in [6.07, 6.45) is 0. The smallest absolute Gasteiger partial charge is 0.336 e. The third kappa shape index (κ3) is 1.53. The van der Waals surface area contributed by atoms with E-state index >= 15 is 0 Å². The zero-order valence-electron chi connectivity index (χ0n) is 11.8. The minimum absolute atomic E-state index is 0.352. The van der Waals surface area contributed by atoms with Crippen LogP contribution in [0.25, 0.3) is 32.9 Å². The van der Waals surface area contributed by atoms with Gasteiger partial charge in [-0.2, -0.15) is 5.10 Å². The Kier molecular flexibility index (Phi) is 2.22. The maximum Gasteiger partial charge on any atom is 0.336 e. The van der Waals surface area contributed by atoms with Gasteiger partial charge >= 0.3 is 5.63 Å². The number of H-pyrrole nitrogens is 1. The summed E-state index contributed by atoms with van der Waals surface area (Å²) in [7, 11) is 0. The van der Waals surface area contributed by atoms with E-state index in [1.54, 1.807) is 0 Å². The summed E-state index contributed by atoms with van der Waals surface area (Å²) in [6, 6.07) is 3.31.